The van der Waals surface area contributed by atoms with Crippen LogP contribution in [0.2, 0.25) is 0 Å². The molecule has 0 radical (unpaired) electrons. The minimum atomic E-state index is -3.28. The zero-order valence-electron chi connectivity index (χ0n) is 12.6. The van der Waals surface area contributed by atoms with Crippen LogP contribution in [0, 0.1) is 0 Å². The standard InChI is InChI=1S/C13H24N2O4S/c1-12(2,3)19-11(16)15-8-5-10(9-15)14-20(17,18)13(4)6-7-13/h10,14H,5-9H2,1-4H3. The van der Waals surface area contributed by atoms with Crippen LogP contribution in [0.1, 0.15) is 47.0 Å². The minimum Gasteiger partial charge on any atom is -0.444 e. The number of sulfonamides is 1. The van der Waals surface area contributed by atoms with Crippen LogP contribution in [0.15, 0.2) is 0 Å². The Labute approximate surface area is 120 Å². The number of rotatable bonds is 3. The van der Waals surface area contributed by atoms with E-state index in [1.54, 1.807) is 11.8 Å². The van der Waals surface area contributed by atoms with Gasteiger partial charge in [-0.1, -0.05) is 0 Å². The molecular formula is C13H24N2O4S. The van der Waals surface area contributed by atoms with Crippen molar-refractivity contribution < 1.29 is 17.9 Å². The summed E-state index contributed by atoms with van der Waals surface area (Å²) in [6.45, 7) is 8.11. The van der Waals surface area contributed by atoms with Crippen LogP contribution < -0.4 is 4.72 Å². The van der Waals surface area contributed by atoms with Crippen LogP contribution in [0.25, 0.3) is 0 Å². The third-order valence-electron chi connectivity index (χ3n) is 3.76. The van der Waals surface area contributed by atoms with E-state index in [9.17, 15) is 13.2 Å². The van der Waals surface area contributed by atoms with Crippen LogP contribution in [0.4, 0.5) is 4.79 Å². The van der Waals surface area contributed by atoms with Gasteiger partial charge in [0.1, 0.15) is 5.60 Å². The predicted octanol–water partition coefficient (Wildman–Crippen LogP) is 1.47. The molecule has 7 heteroatoms. The molecule has 0 spiro atoms. The second kappa shape index (κ2) is 4.87. The zero-order valence-corrected chi connectivity index (χ0v) is 13.4. The van der Waals surface area contributed by atoms with Crippen molar-refractivity contribution in [3.63, 3.8) is 0 Å². The molecule has 1 saturated heterocycles. The van der Waals surface area contributed by atoms with E-state index >= 15 is 0 Å². The summed E-state index contributed by atoms with van der Waals surface area (Å²) >= 11 is 0. The molecule has 0 aromatic rings. The van der Waals surface area contributed by atoms with Crippen molar-refractivity contribution in [3.05, 3.63) is 0 Å². The van der Waals surface area contributed by atoms with Crippen molar-refractivity contribution in [1.29, 1.82) is 0 Å². The molecule has 1 aliphatic heterocycles. The maximum absolute atomic E-state index is 12.1. The summed E-state index contributed by atoms with van der Waals surface area (Å²) in [7, 11) is -3.28. The van der Waals surface area contributed by atoms with Gasteiger partial charge in [-0.25, -0.2) is 17.9 Å². The van der Waals surface area contributed by atoms with Gasteiger partial charge in [-0.3, -0.25) is 0 Å². The second-order valence-electron chi connectivity index (χ2n) is 6.98. The Bertz CT molecular complexity index is 491. The van der Waals surface area contributed by atoms with Gasteiger partial charge in [-0.15, -0.1) is 0 Å². The maximum atomic E-state index is 12.1. The molecule has 2 fully saturated rings. The van der Waals surface area contributed by atoms with Crippen LogP contribution in [0.3, 0.4) is 0 Å². The molecule has 0 bridgehead atoms. The Balaban J connectivity index is 1.88. The first-order chi connectivity index (χ1) is 9.02. The molecule has 0 aromatic carbocycles. The monoisotopic (exact) mass is 304 g/mol. The van der Waals surface area contributed by atoms with Crippen molar-refractivity contribution in [1.82, 2.24) is 9.62 Å². The number of hydrogen-bond donors (Lipinski definition) is 1. The number of nitrogens with zero attached hydrogens (tertiary/aromatic N) is 1. The van der Waals surface area contributed by atoms with E-state index in [4.69, 9.17) is 4.74 Å². The lowest BCUT2D eigenvalue weighted by Crippen LogP contribution is -2.43. The molecule has 6 nitrogen and oxygen atoms in total. The Kier molecular flexibility index (Phi) is 3.79. The fourth-order valence-electron chi connectivity index (χ4n) is 2.16. The van der Waals surface area contributed by atoms with Gasteiger partial charge in [-0.05, 0) is 47.0 Å². The Morgan fingerprint density at radius 2 is 1.95 bits per heavy atom. The highest BCUT2D eigenvalue weighted by Gasteiger charge is 2.51. The van der Waals surface area contributed by atoms with Gasteiger partial charge in [0.25, 0.3) is 0 Å². The van der Waals surface area contributed by atoms with Gasteiger partial charge in [0, 0.05) is 19.1 Å². The normalized spacial score (nSPS) is 25.6. The lowest BCUT2D eigenvalue weighted by Gasteiger charge is -2.24. The summed E-state index contributed by atoms with van der Waals surface area (Å²) in [5, 5.41) is 0. The van der Waals surface area contributed by atoms with E-state index in [-0.39, 0.29) is 12.1 Å². The largest absolute Gasteiger partial charge is 0.444 e. The van der Waals surface area contributed by atoms with E-state index in [1.165, 1.54) is 0 Å². The van der Waals surface area contributed by atoms with Gasteiger partial charge in [0.05, 0.1) is 4.75 Å². The number of ether oxygens (including phenoxy) is 1. The van der Waals surface area contributed by atoms with Crippen molar-refractivity contribution in [2.24, 2.45) is 0 Å². The Morgan fingerprint density at radius 1 is 1.35 bits per heavy atom. The molecular weight excluding hydrogens is 280 g/mol. The summed E-state index contributed by atoms with van der Waals surface area (Å²) in [5.74, 6) is 0. The summed E-state index contributed by atoms with van der Waals surface area (Å²) in [5.41, 5.74) is -0.532. The minimum absolute atomic E-state index is 0.204. The molecule has 1 aliphatic carbocycles. The summed E-state index contributed by atoms with van der Waals surface area (Å²) < 4.78 is 31.7. The lowest BCUT2D eigenvalue weighted by atomic mass is 10.2. The topological polar surface area (TPSA) is 75.7 Å². The van der Waals surface area contributed by atoms with Gasteiger partial charge < -0.3 is 9.64 Å². The van der Waals surface area contributed by atoms with Gasteiger partial charge in [0.2, 0.25) is 10.0 Å². The Morgan fingerprint density at radius 3 is 2.45 bits per heavy atom. The number of likely N-dealkylation sites (tertiary alicyclic amines) is 1. The van der Waals surface area contributed by atoms with Gasteiger partial charge >= 0.3 is 6.09 Å². The molecule has 2 rings (SSSR count). The number of carbonyl (C=O) groups excluding carboxylic acids is 1. The summed E-state index contributed by atoms with van der Waals surface area (Å²) in [6.07, 6.45) is 1.68. The first kappa shape index (κ1) is 15.6. The van der Waals surface area contributed by atoms with Crippen LogP contribution in [-0.4, -0.2) is 48.9 Å². The quantitative estimate of drug-likeness (QED) is 0.856. The first-order valence-electron chi connectivity index (χ1n) is 7.02. The number of carbonyl (C=O) groups is 1. The van der Waals surface area contributed by atoms with E-state index in [2.05, 4.69) is 4.72 Å². The second-order valence-corrected chi connectivity index (χ2v) is 9.21. The van der Waals surface area contributed by atoms with Crippen molar-refractivity contribution >= 4 is 16.1 Å². The molecule has 2 aliphatic rings. The van der Waals surface area contributed by atoms with Gasteiger partial charge in [0.15, 0.2) is 0 Å². The highest BCUT2D eigenvalue weighted by molar-refractivity contribution is 7.91. The first-order valence-corrected chi connectivity index (χ1v) is 8.51. The van der Waals surface area contributed by atoms with Crippen molar-refractivity contribution in [2.75, 3.05) is 13.1 Å². The van der Waals surface area contributed by atoms with Crippen LogP contribution >= 0.6 is 0 Å². The van der Waals surface area contributed by atoms with E-state index in [0.29, 0.717) is 32.4 Å². The molecule has 1 heterocycles. The molecule has 0 aromatic heterocycles. The number of hydrogen-bond acceptors (Lipinski definition) is 4. The predicted molar refractivity (Wildman–Crippen MR) is 75.9 cm³/mol. The summed E-state index contributed by atoms with van der Waals surface area (Å²) in [4.78, 5) is 13.5. The highest BCUT2D eigenvalue weighted by atomic mass is 32.2. The molecule has 1 saturated carbocycles. The van der Waals surface area contributed by atoms with E-state index in [0.717, 1.165) is 0 Å². The van der Waals surface area contributed by atoms with Crippen molar-refractivity contribution in [3.8, 4) is 0 Å². The Hall–Kier alpha value is -0.820. The fourth-order valence-corrected chi connectivity index (χ4v) is 3.71. The average Bonchev–Trinajstić information content (AvgIpc) is 2.86. The summed E-state index contributed by atoms with van der Waals surface area (Å²) in [6, 6.07) is -0.204. The smallest absolute Gasteiger partial charge is 0.410 e. The molecule has 1 unspecified atom stereocenters. The molecule has 1 atom stereocenters. The fraction of sp³-hybridized carbons (Fsp3) is 0.923. The van der Waals surface area contributed by atoms with E-state index in [1.807, 2.05) is 20.8 Å². The highest BCUT2D eigenvalue weighted by Crippen LogP contribution is 2.42. The average molecular weight is 304 g/mol. The van der Waals surface area contributed by atoms with Crippen LogP contribution in [-0.2, 0) is 14.8 Å². The maximum Gasteiger partial charge on any atom is 0.410 e. The van der Waals surface area contributed by atoms with Crippen molar-refractivity contribution in [2.45, 2.75) is 63.3 Å². The lowest BCUT2D eigenvalue weighted by molar-refractivity contribution is 0.0292. The molecule has 20 heavy (non-hydrogen) atoms. The SMILES string of the molecule is CC(C)(C)OC(=O)N1CCC(NS(=O)(=O)C2(C)CC2)C1. The van der Waals surface area contributed by atoms with Crippen LogP contribution in [0.5, 0.6) is 0 Å². The molecule has 116 valence electrons. The molecule has 1 amide bonds. The third kappa shape index (κ3) is 3.44. The number of amides is 1. The zero-order chi connectivity index (χ0) is 15.2. The van der Waals surface area contributed by atoms with E-state index < -0.39 is 20.4 Å². The third-order valence-corrected chi connectivity index (χ3v) is 6.11. The van der Waals surface area contributed by atoms with Gasteiger partial charge in [-0.2, -0.15) is 0 Å². The number of nitrogens with one attached hydrogen (secondary N) is 1. The molecule has 1 N–H and O–H groups in total.